The lowest BCUT2D eigenvalue weighted by molar-refractivity contribution is 0.714. The van der Waals surface area contributed by atoms with Crippen molar-refractivity contribution in [3.8, 4) is 6.07 Å². The van der Waals surface area contributed by atoms with Gasteiger partial charge in [0.25, 0.3) is 0 Å². The normalized spacial score (nSPS) is 10.8. The second-order valence-corrected chi connectivity index (χ2v) is 3.84. The molecule has 0 aliphatic rings. The molecule has 0 unspecified atom stereocenters. The van der Waals surface area contributed by atoms with Crippen molar-refractivity contribution in [1.82, 2.24) is 9.97 Å². The predicted octanol–water partition coefficient (Wildman–Crippen LogP) is 1.81. The smallest absolute Gasteiger partial charge is 0.224 e. The van der Waals surface area contributed by atoms with Gasteiger partial charge in [0.15, 0.2) is 0 Å². The van der Waals surface area contributed by atoms with E-state index in [9.17, 15) is 0 Å². The fourth-order valence-corrected chi connectivity index (χ4v) is 1.09. The monoisotopic (exact) mass is 190 g/mol. The van der Waals surface area contributed by atoms with Gasteiger partial charge in [0.05, 0.1) is 6.07 Å². The van der Waals surface area contributed by atoms with Gasteiger partial charge in [-0.25, -0.2) is 9.97 Å². The van der Waals surface area contributed by atoms with E-state index in [0.29, 0.717) is 5.95 Å². The highest BCUT2D eigenvalue weighted by molar-refractivity contribution is 5.34. The van der Waals surface area contributed by atoms with Crippen LogP contribution in [0.2, 0.25) is 0 Å². The van der Waals surface area contributed by atoms with Gasteiger partial charge < -0.3 is 5.32 Å². The maximum Gasteiger partial charge on any atom is 0.224 e. The molecule has 1 aromatic rings. The molecule has 0 saturated heterocycles. The first-order valence-electron chi connectivity index (χ1n) is 4.45. The highest BCUT2D eigenvalue weighted by Crippen LogP contribution is 2.10. The van der Waals surface area contributed by atoms with Gasteiger partial charge in [-0.2, -0.15) is 5.26 Å². The zero-order chi connectivity index (χ0) is 10.8. The van der Waals surface area contributed by atoms with E-state index in [1.807, 2.05) is 19.9 Å². The minimum Gasteiger partial charge on any atom is -0.336 e. The number of nitriles is 1. The molecule has 1 rings (SSSR count). The molecule has 0 amide bonds. The Bertz CT molecular complexity index is 356. The molecule has 0 aromatic carbocycles. The highest BCUT2D eigenvalue weighted by Gasteiger charge is 2.17. The van der Waals surface area contributed by atoms with Crippen molar-refractivity contribution in [3.05, 3.63) is 17.5 Å². The van der Waals surface area contributed by atoms with Crippen LogP contribution in [0.15, 0.2) is 6.07 Å². The van der Waals surface area contributed by atoms with Crippen LogP contribution in [0, 0.1) is 25.2 Å². The van der Waals surface area contributed by atoms with Crippen LogP contribution in [0.3, 0.4) is 0 Å². The van der Waals surface area contributed by atoms with Gasteiger partial charge in [-0.15, -0.1) is 0 Å². The molecule has 0 aliphatic carbocycles. The van der Waals surface area contributed by atoms with Crippen molar-refractivity contribution >= 4 is 5.95 Å². The van der Waals surface area contributed by atoms with E-state index in [1.165, 1.54) is 0 Å². The zero-order valence-electron chi connectivity index (χ0n) is 8.92. The number of nitrogens with zero attached hydrogens (tertiary/aromatic N) is 3. The Hall–Kier alpha value is -1.63. The third-order valence-corrected chi connectivity index (χ3v) is 1.69. The summed E-state index contributed by atoms with van der Waals surface area (Å²) in [6.45, 7) is 7.38. The number of aromatic nitrogens is 2. The first kappa shape index (κ1) is 10.5. The number of nitrogens with one attached hydrogen (secondary N) is 1. The summed E-state index contributed by atoms with van der Waals surface area (Å²) in [5, 5.41) is 11.8. The van der Waals surface area contributed by atoms with E-state index in [1.54, 1.807) is 13.8 Å². The summed E-state index contributed by atoms with van der Waals surface area (Å²) < 4.78 is 0. The van der Waals surface area contributed by atoms with E-state index in [0.717, 1.165) is 11.4 Å². The van der Waals surface area contributed by atoms with Crippen molar-refractivity contribution in [3.63, 3.8) is 0 Å². The third-order valence-electron chi connectivity index (χ3n) is 1.69. The highest BCUT2D eigenvalue weighted by atomic mass is 15.1. The second kappa shape index (κ2) is 3.62. The minimum absolute atomic E-state index is 0.508. The van der Waals surface area contributed by atoms with Gasteiger partial charge in [-0.05, 0) is 33.8 Å². The van der Waals surface area contributed by atoms with E-state index in [4.69, 9.17) is 5.26 Å². The van der Waals surface area contributed by atoms with Gasteiger partial charge in [0.1, 0.15) is 5.54 Å². The Kier molecular flexibility index (Phi) is 2.70. The molecule has 0 radical (unpaired) electrons. The topological polar surface area (TPSA) is 61.6 Å². The van der Waals surface area contributed by atoms with Crippen LogP contribution in [-0.2, 0) is 0 Å². The molecule has 0 fully saturated rings. The van der Waals surface area contributed by atoms with Crippen LogP contribution in [0.1, 0.15) is 25.2 Å². The fourth-order valence-electron chi connectivity index (χ4n) is 1.09. The van der Waals surface area contributed by atoms with Crippen molar-refractivity contribution in [2.75, 3.05) is 5.32 Å². The molecule has 4 nitrogen and oxygen atoms in total. The summed E-state index contributed by atoms with van der Waals surface area (Å²) in [5.74, 6) is 0.508. The molecular weight excluding hydrogens is 176 g/mol. The lowest BCUT2D eigenvalue weighted by Crippen LogP contribution is -2.29. The van der Waals surface area contributed by atoms with E-state index < -0.39 is 5.54 Å². The van der Waals surface area contributed by atoms with Crippen LogP contribution >= 0.6 is 0 Å². The van der Waals surface area contributed by atoms with Crippen molar-refractivity contribution in [2.24, 2.45) is 0 Å². The second-order valence-electron chi connectivity index (χ2n) is 3.84. The number of rotatable bonds is 2. The van der Waals surface area contributed by atoms with Gasteiger partial charge in [0.2, 0.25) is 5.95 Å². The van der Waals surface area contributed by atoms with Gasteiger partial charge >= 0.3 is 0 Å². The molecule has 0 spiro atoms. The first-order valence-corrected chi connectivity index (χ1v) is 4.45. The zero-order valence-corrected chi connectivity index (χ0v) is 8.92. The number of hydrogen-bond donors (Lipinski definition) is 1. The maximum absolute atomic E-state index is 8.83. The summed E-state index contributed by atoms with van der Waals surface area (Å²) in [5.41, 5.74) is 1.16. The molecule has 0 atom stereocenters. The number of anilines is 1. The third kappa shape index (κ3) is 2.70. The van der Waals surface area contributed by atoms with Gasteiger partial charge in [-0.3, -0.25) is 0 Å². The summed E-state index contributed by atoms with van der Waals surface area (Å²) >= 11 is 0. The summed E-state index contributed by atoms with van der Waals surface area (Å²) in [7, 11) is 0. The largest absolute Gasteiger partial charge is 0.336 e. The van der Waals surface area contributed by atoms with Crippen molar-refractivity contribution in [2.45, 2.75) is 33.2 Å². The molecule has 74 valence electrons. The molecule has 0 saturated carbocycles. The summed E-state index contributed by atoms with van der Waals surface area (Å²) in [4.78, 5) is 8.39. The van der Waals surface area contributed by atoms with Crippen LogP contribution in [0.5, 0.6) is 0 Å². The Morgan fingerprint density at radius 2 is 1.79 bits per heavy atom. The number of aryl methyl sites for hydroxylation is 2. The van der Waals surface area contributed by atoms with Crippen LogP contribution in [0.25, 0.3) is 0 Å². The van der Waals surface area contributed by atoms with Crippen LogP contribution in [0.4, 0.5) is 5.95 Å². The molecule has 0 aliphatic heterocycles. The Morgan fingerprint density at radius 3 is 2.21 bits per heavy atom. The fraction of sp³-hybridized carbons (Fsp3) is 0.500. The maximum atomic E-state index is 8.83. The molecule has 1 N–H and O–H groups in total. The van der Waals surface area contributed by atoms with Crippen molar-refractivity contribution in [1.29, 1.82) is 5.26 Å². The van der Waals surface area contributed by atoms with Crippen LogP contribution in [-0.4, -0.2) is 15.5 Å². The summed E-state index contributed by atoms with van der Waals surface area (Å²) in [6, 6.07) is 4.03. The average molecular weight is 190 g/mol. The first-order chi connectivity index (χ1) is 6.43. The number of hydrogen-bond acceptors (Lipinski definition) is 4. The SMILES string of the molecule is Cc1cc(C)nc(NC(C)(C)C#N)n1. The Labute approximate surface area is 84.0 Å². The average Bonchev–Trinajstić information content (AvgIpc) is 2.01. The lowest BCUT2D eigenvalue weighted by Gasteiger charge is -2.17. The van der Waals surface area contributed by atoms with Gasteiger partial charge in [-0.1, -0.05) is 0 Å². The molecule has 4 heteroatoms. The molecule has 0 bridgehead atoms. The Balaban J connectivity index is 2.94. The molecular formula is C10H14N4. The molecule has 14 heavy (non-hydrogen) atoms. The van der Waals surface area contributed by atoms with E-state index in [2.05, 4.69) is 21.4 Å². The standard InChI is InChI=1S/C10H14N4/c1-7-5-8(2)13-9(12-7)14-10(3,4)6-11/h5H,1-4H3,(H,12,13,14). The molecule has 1 heterocycles. The minimum atomic E-state index is -0.639. The summed E-state index contributed by atoms with van der Waals surface area (Å²) in [6.07, 6.45) is 0. The molecule has 1 aromatic heterocycles. The van der Waals surface area contributed by atoms with Crippen LogP contribution < -0.4 is 5.32 Å². The predicted molar refractivity (Wildman–Crippen MR) is 54.8 cm³/mol. The van der Waals surface area contributed by atoms with Gasteiger partial charge in [0, 0.05) is 11.4 Å². The lowest BCUT2D eigenvalue weighted by atomic mass is 10.1. The quantitative estimate of drug-likeness (QED) is 0.772. The van der Waals surface area contributed by atoms with Crippen molar-refractivity contribution < 1.29 is 0 Å². The van der Waals surface area contributed by atoms with E-state index in [-0.39, 0.29) is 0 Å². The Morgan fingerprint density at radius 1 is 1.29 bits per heavy atom. The van der Waals surface area contributed by atoms with E-state index >= 15 is 0 Å².